The van der Waals surface area contributed by atoms with E-state index in [1.807, 2.05) is 0 Å². The third-order valence-electron chi connectivity index (χ3n) is 6.34. The maximum atomic E-state index is 13.5. The van der Waals surface area contributed by atoms with Crippen LogP contribution in [0.3, 0.4) is 0 Å². The number of rotatable bonds is 9. The maximum Gasteiger partial charge on any atom is 0.420 e. The highest BCUT2D eigenvalue weighted by Gasteiger charge is 2.41. The van der Waals surface area contributed by atoms with E-state index >= 15 is 0 Å². The number of aliphatic hydroxyl groups is 1. The fourth-order valence-electron chi connectivity index (χ4n) is 4.16. The lowest BCUT2D eigenvalue weighted by molar-refractivity contribution is -0.138. The molecule has 1 saturated heterocycles. The lowest BCUT2D eigenvalue weighted by atomic mass is 9.87. The Balaban J connectivity index is 1.41. The van der Waals surface area contributed by atoms with Crippen molar-refractivity contribution in [1.29, 1.82) is 0 Å². The molecule has 4 rings (SSSR count). The molecule has 1 aliphatic heterocycles. The van der Waals surface area contributed by atoms with Crippen molar-refractivity contribution < 1.29 is 37.3 Å². The Labute approximate surface area is 217 Å². The SMILES string of the molecule is COc1ccc(Oc2ccc(CNC(O)C3(NC(=O)c4cccnc4)CCOCC3)cc2)c(C(F)(F)F)c1. The Morgan fingerprint density at radius 3 is 2.47 bits per heavy atom. The molecule has 0 spiro atoms. The second-order valence-corrected chi connectivity index (χ2v) is 8.85. The quantitative estimate of drug-likeness (QED) is 0.354. The summed E-state index contributed by atoms with van der Waals surface area (Å²) in [5, 5.41) is 17.0. The number of nitrogens with zero attached hydrogens (tertiary/aromatic N) is 1. The Morgan fingerprint density at radius 2 is 1.84 bits per heavy atom. The molecule has 0 radical (unpaired) electrons. The zero-order valence-corrected chi connectivity index (χ0v) is 20.6. The number of aromatic nitrogens is 1. The number of methoxy groups -OCH3 is 1. The summed E-state index contributed by atoms with van der Waals surface area (Å²) in [7, 11) is 1.29. The van der Waals surface area contributed by atoms with Crippen LogP contribution in [0.1, 0.15) is 34.3 Å². The van der Waals surface area contributed by atoms with Crippen LogP contribution in [-0.2, 0) is 17.5 Å². The van der Waals surface area contributed by atoms with Gasteiger partial charge in [0.1, 0.15) is 29.0 Å². The van der Waals surface area contributed by atoms with Gasteiger partial charge < -0.3 is 24.6 Å². The van der Waals surface area contributed by atoms with Crippen LogP contribution < -0.4 is 20.1 Å². The molecule has 1 aliphatic rings. The molecular formula is C27H28F3N3O5. The summed E-state index contributed by atoms with van der Waals surface area (Å²) < 4.78 is 56.2. The number of ether oxygens (including phenoxy) is 3. The van der Waals surface area contributed by atoms with Crippen molar-refractivity contribution in [3.63, 3.8) is 0 Å². The molecule has 8 nitrogen and oxygen atoms in total. The van der Waals surface area contributed by atoms with Crippen molar-refractivity contribution in [3.05, 3.63) is 83.7 Å². The number of halogens is 3. The first-order valence-electron chi connectivity index (χ1n) is 11.9. The number of carbonyl (C=O) groups excluding carboxylic acids is 1. The molecule has 0 saturated carbocycles. The van der Waals surface area contributed by atoms with E-state index in [1.165, 1.54) is 25.4 Å². The topological polar surface area (TPSA) is 102 Å². The van der Waals surface area contributed by atoms with E-state index in [4.69, 9.17) is 14.2 Å². The van der Waals surface area contributed by atoms with Crippen molar-refractivity contribution in [3.8, 4) is 17.2 Å². The van der Waals surface area contributed by atoms with Crippen LogP contribution in [0.4, 0.5) is 13.2 Å². The first-order chi connectivity index (χ1) is 18.2. The largest absolute Gasteiger partial charge is 0.497 e. The van der Waals surface area contributed by atoms with Crippen LogP contribution in [0, 0.1) is 0 Å². The van der Waals surface area contributed by atoms with Crippen LogP contribution in [-0.4, -0.2) is 48.1 Å². The molecule has 2 heterocycles. The van der Waals surface area contributed by atoms with Crippen molar-refractivity contribution >= 4 is 5.91 Å². The molecule has 202 valence electrons. The second kappa shape index (κ2) is 11.8. The Hall–Kier alpha value is -3.67. The minimum Gasteiger partial charge on any atom is -0.497 e. The molecule has 0 bridgehead atoms. The van der Waals surface area contributed by atoms with E-state index in [9.17, 15) is 23.1 Å². The van der Waals surface area contributed by atoms with Crippen molar-refractivity contribution in [2.45, 2.75) is 37.3 Å². The number of benzene rings is 2. The van der Waals surface area contributed by atoms with Crippen molar-refractivity contribution in [2.24, 2.45) is 0 Å². The number of hydrogen-bond acceptors (Lipinski definition) is 7. The predicted molar refractivity (Wildman–Crippen MR) is 132 cm³/mol. The van der Waals surface area contributed by atoms with Crippen LogP contribution in [0.2, 0.25) is 0 Å². The van der Waals surface area contributed by atoms with Crippen molar-refractivity contribution in [2.75, 3.05) is 20.3 Å². The molecule has 11 heteroatoms. The zero-order chi connectivity index (χ0) is 27.2. The first-order valence-corrected chi connectivity index (χ1v) is 11.9. The number of amides is 1. The monoisotopic (exact) mass is 531 g/mol. The summed E-state index contributed by atoms with van der Waals surface area (Å²) in [5.41, 5.74) is -0.758. The van der Waals surface area contributed by atoms with Gasteiger partial charge in [0.15, 0.2) is 0 Å². The lowest BCUT2D eigenvalue weighted by Gasteiger charge is -2.41. The molecule has 38 heavy (non-hydrogen) atoms. The van der Waals surface area contributed by atoms with Gasteiger partial charge >= 0.3 is 6.18 Å². The second-order valence-electron chi connectivity index (χ2n) is 8.85. The van der Waals surface area contributed by atoms with Gasteiger partial charge in [-0.25, -0.2) is 0 Å². The van der Waals surface area contributed by atoms with E-state index < -0.39 is 23.5 Å². The van der Waals surface area contributed by atoms with Crippen LogP contribution in [0.5, 0.6) is 17.2 Å². The van der Waals surface area contributed by atoms with Gasteiger partial charge in [0.05, 0.1) is 18.2 Å². The molecule has 1 atom stereocenters. The average molecular weight is 532 g/mol. The third kappa shape index (κ3) is 6.60. The molecule has 1 unspecified atom stereocenters. The number of alkyl halides is 3. The number of nitrogens with one attached hydrogen (secondary N) is 2. The van der Waals surface area contributed by atoms with Gasteiger partial charge in [-0.3, -0.25) is 15.1 Å². The number of pyridine rings is 1. The van der Waals surface area contributed by atoms with Gasteiger partial charge in [-0.05, 0) is 60.9 Å². The van der Waals surface area contributed by atoms with E-state index in [0.717, 1.165) is 11.6 Å². The summed E-state index contributed by atoms with van der Waals surface area (Å²) in [5.74, 6) is -0.400. The van der Waals surface area contributed by atoms with Gasteiger partial charge in [-0.15, -0.1) is 0 Å². The zero-order valence-electron chi connectivity index (χ0n) is 20.6. The van der Waals surface area contributed by atoms with Gasteiger partial charge in [0, 0.05) is 32.2 Å². The lowest BCUT2D eigenvalue weighted by Crippen LogP contribution is -2.63. The summed E-state index contributed by atoms with van der Waals surface area (Å²) in [6.45, 7) is 0.996. The number of aliphatic hydroxyl groups excluding tert-OH is 1. The Kier molecular flexibility index (Phi) is 8.50. The van der Waals surface area contributed by atoms with Gasteiger partial charge in [-0.2, -0.15) is 13.2 Å². The van der Waals surface area contributed by atoms with Crippen LogP contribution in [0.15, 0.2) is 67.0 Å². The molecule has 1 amide bonds. The van der Waals surface area contributed by atoms with Gasteiger partial charge in [0.2, 0.25) is 0 Å². The minimum absolute atomic E-state index is 0.0728. The van der Waals surface area contributed by atoms with Crippen LogP contribution >= 0.6 is 0 Å². The summed E-state index contributed by atoms with van der Waals surface area (Å²) in [4.78, 5) is 16.7. The fourth-order valence-corrected chi connectivity index (χ4v) is 4.16. The standard InChI is InChI=1S/C27H28F3N3O5/c1-36-21-8-9-23(22(15-21)27(28,29)30)38-20-6-4-18(5-7-20)16-32-25(35)26(10-13-37-14-11-26)33-24(34)19-3-2-12-31-17-19/h2-9,12,15,17,25,32,35H,10-11,13-14,16H2,1H3,(H,33,34). The highest BCUT2D eigenvalue weighted by molar-refractivity contribution is 5.94. The first kappa shape index (κ1) is 27.4. The molecule has 1 fully saturated rings. The summed E-state index contributed by atoms with van der Waals surface area (Å²) in [6.07, 6.45) is -1.87. The van der Waals surface area contributed by atoms with Crippen molar-refractivity contribution in [1.82, 2.24) is 15.6 Å². The van der Waals surface area contributed by atoms with Gasteiger partial charge in [-0.1, -0.05) is 12.1 Å². The maximum absolute atomic E-state index is 13.5. The van der Waals surface area contributed by atoms with E-state index in [0.29, 0.717) is 31.6 Å². The van der Waals surface area contributed by atoms with Crippen LogP contribution in [0.25, 0.3) is 0 Å². The van der Waals surface area contributed by atoms with E-state index in [1.54, 1.807) is 42.6 Å². The molecular weight excluding hydrogens is 503 g/mol. The average Bonchev–Trinajstić information content (AvgIpc) is 2.93. The minimum atomic E-state index is -4.61. The smallest absolute Gasteiger partial charge is 0.420 e. The molecule has 2 aromatic carbocycles. The Bertz CT molecular complexity index is 1220. The highest BCUT2D eigenvalue weighted by atomic mass is 19.4. The third-order valence-corrected chi connectivity index (χ3v) is 6.34. The fraction of sp³-hybridized carbons (Fsp3) is 0.333. The highest BCUT2D eigenvalue weighted by Crippen LogP contribution is 2.40. The number of carbonyl (C=O) groups is 1. The predicted octanol–water partition coefficient (Wildman–Crippen LogP) is 4.29. The number of hydrogen-bond donors (Lipinski definition) is 3. The molecule has 3 aromatic rings. The summed E-state index contributed by atoms with van der Waals surface area (Å²) in [6, 6.07) is 13.2. The summed E-state index contributed by atoms with van der Waals surface area (Å²) >= 11 is 0. The normalized spacial score (nSPS) is 15.9. The van der Waals surface area contributed by atoms with E-state index in [-0.39, 0.29) is 29.7 Å². The molecule has 1 aromatic heterocycles. The van der Waals surface area contributed by atoms with Gasteiger partial charge in [0.25, 0.3) is 5.91 Å². The molecule has 3 N–H and O–H groups in total. The molecule has 0 aliphatic carbocycles. The Morgan fingerprint density at radius 1 is 1.13 bits per heavy atom. The van der Waals surface area contributed by atoms with E-state index in [2.05, 4.69) is 15.6 Å².